The van der Waals surface area contributed by atoms with Gasteiger partial charge in [-0.1, -0.05) is 45.0 Å². The van der Waals surface area contributed by atoms with E-state index in [1.54, 1.807) is 6.92 Å². The highest BCUT2D eigenvalue weighted by atomic mass is 19.1. The van der Waals surface area contributed by atoms with Crippen LogP contribution in [0.1, 0.15) is 76.1 Å². The fraction of sp³-hybridized carbons (Fsp3) is 0.419. The van der Waals surface area contributed by atoms with Crippen LogP contribution < -0.4 is 10.6 Å². The quantitative estimate of drug-likeness (QED) is 0.335. The minimum Gasteiger partial charge on any atom is -0.455 e. The van der Waals surface area contributed by atoms with Gasteiger partial charge in [0, 0.05) is 37.6 Å². The molecule has 2 aromatic carbocycles. The van der Waals surface area contributed by atoms with E-state index in [4.69, 9.17) is 4.42 Å². The van der Waals surface area contributed by atoms with Crippen molar-refractivity contribution in [3.63, 3.8) is 0 Å². The highest BCUT2D eigenvalue weighted by Crippen LogP contribution is 2.38. The van der Waals surface area contributed by atoms with Crippen molar-refractivity contribution < 1.29 is 27.9 Å². The molecule has 2 atom stereocenters. The summed E-state index contributed by atoms with van der Waals surface area (Å²) in [6.07, 6.45) is 0.703. The van der Waals surface area contributed by atoms with Crippen LogP contribution in [-0.2, 0) is 25.8 Å². The zero-order valence-electron chi connectivity index (χ0n) is 22.9. The largest absolute Gasteiger partial charge is 0.455 e. The van der Waals surface area contributed by atoms with Crippen molar-refractivity contribution in [3.05, 3.63) is 93.4 Å². The number of carbonyl (C=O) groups excluding carboxylic acids is 2. The molecule has 1 aromatic heterocycles. The van der Waals surface area contributed by atoms with Crippen LogP contribution in [0.5, 0.6) is 0 Å². The van der Waals surface area contributed by atoms with Gasteiger partial charge in [0.1, 0.15) is 17.4 Å². The summed E-state index contributed by atoms with van der Waals surface area (Å²) in [5, 5.41) is 17.1. The number of aliphatic hydroxyl groups excluding tert-OH is 1. The van der Waals surface area contributed by atoms with E-state index in [9.17, 15) is 23.5 Å². The third-order valence-electron chi connectivity index (χ3n) is 7.22. The van der Waals surface area contributed by atoms with E-state index in [0.717, 1.165) is 18.1 Å². The van der Waals surface area contributed by atoms with Crippen molar-refractivity contribution in [3.8, 4) is 0 Å². The number of halogens is 2. The van der Waals surface area contributed by atoms with Gasteiger partial charge in [0.05, 0.1) is 17.7 Å². The van der Waals surface area contributed by atoms with E-state index in [1.165, 1.54) is 17.7 Å². The van der Waals surface area contributed by atoms with Crippen LogP contribution in [0.25, 0.3) is 0 Å². The molecule has 0 saturated heterocycles. The van der Waals surface area contributed by atoms with Gasteiger partial charge in [-0.15, -0.1) is 0 Å². The zero-order valence-corrected chi connectivity index (χ0v) is 22.9. The molecule has 0 spiro atoms. The molecule has 6 nitrogen and oxygen atoms in total. The van der Waals surface area contributed by atoms with E-state index >= 15 is 0 Å². The summed E-state index contributed by atoms with van der Waals surface area (Å²) < 4.78 is 33.7. The van der Waals surface area contributed by atoms with E-state index < -0.39 is 29.7 Å². The lowest BCUT2D eigenvalue weighted by atomic mass is 9.76. The lowest BCUT2D eigenvalue weighted by Gasteiger charge is -2.27. The van der Waals surface area contributed by atoms with Crippen LogP contribution in [0.15, 0.2) is 46.9 Å². The molecule has 0 bridgehead atoms. The van der Waals surface area contributed by atoms with Gasteiger partial charge < -0.3 is 20.2 Å². The normalized spacial score (nSPS) is 16.0. The van der Waals surface area contributed by atoms with Gasteiger partial charge in [0.2, 0.25) is 0 Å². The van der Waals surface area contributed by atoms with Crippen LogP contribution in [0, 0.1) is 24.0 Å². The number of benzene rings is 2. The standard InChI is InChI=1S/C31H36F2N2O4/c1-5-19-7-6-8-20(9-19)16-34-17-26(37)24(12-21-10-22(32)13-23(33)11-21)35-30(38)29-18(2)28-25(36)14-31(3,4)15-27(28)39-29/h6-11,13,24,26,34,37H,5,12,14-17H2,1-4H3,(H,35,38)/t24-,26-/m0/s1. The summed E-state index contributed by atoms with van der Waals surface area (Å²) in [4.78, 5) is 26.1. The molecule has 39 heavy (non-hydrogen) atoms. The number of hydrogen-bond acceptors (Lipinski definition) is 5. The SMILES string of the molecule is CCc1cccc(CNC[C@H](O)[C@H](Cc2cc(F)cc(F)c2)NC(=O)c2oc3c(c2C)C(=O)CC(C)(C)C3)c1. The van der Waals surface area contributed by atoms with Gasteiger partial charge in [-0.2, -0.15) is 0 Å². The Bertz CT molecular complexity index is 1340. The first-order valence-corrected chi connectivity index (χ1v) is 13.3. The molecule has 1 aliphatic rings. The Labute approximate surface area is 227 Å². The Morgan fingerprint density at radius 2 is 1.77 bits per heavy atom. The van der Waals surface area contributed by atoms with Gasteiger partial charge >= 0.3 is 0 Å². The molecule has 0 radical (unpaired) electrons. The van der Waals surface area contributed by atoms with Gasteiger partial charge in [-0.25, -0.2) is 8.78 Å². The maximum atomic E-state index is 13.9. The van der Waals surface area contributed by atoms with E-state index in [2.05, 4.69) is 23.6 Å². The fourth-order valence-electron chi connectivity index (χ4n) is 5.27. The highest BCUT2D eigenvalue weighted by molar-refractivity contribution is 6.03. The number of amides is 1. The second-order valence-corrected chi connectivity index (χ2v) is 11.2. The number of aliphatic hydroxyl groups is 1. The number of fused-ring (bicyclic) bond motifs is 1. The average Bonchev–Trinajstić information content (AvgIpc) is 3.18. The number of hydrogen-bond donors (Lipinski definition) is 3. The molecule has 1 heterocycles. The molecule has 0 fully saturated rings. The molecule has 8 heteroatoms. The predicted molar refractivity (Wildman–Crippen MR) is 145 cm³/mol. The van der Waals surface area contributed by atoms with E-state index in [-0.39, 0.29) is 29.9 Å². The van der Waals surface area contributed by atoms with E-state index in [0.29, 0.717) is 41.8 Å². The predicted octanol–water partition coefficient (Wildman–Crippen LogP) is 5.08. The first-order chi connectivity index (χ1) is 18.5. The van der Waals surface area contributed by atoms with Crippen molar-refractivity contribution in [2.75, 3.05) is 6.54 Å². The lowest BCUT2D eigenvalue weighted by molar-refractivity contribution is 0.0798. The summed E-state index contributed by atoms with van der Waals surface area (Å²) in [6.45, 7) is 8.32. The molecule has 0 saturated carbocycles. The molecule has 1 aliphatic carbocycles. The first-order valence-electron chi connectivity index (χ1n) is 13.3. The van der Waals surface area contributed by atoms with Crippen molar-refractivity contribution in [1.82, 2.24) is 10.6 Å². The molecule has 1 amide bonds. The Balaban J connectivity index is 1.52. The molecule has 3 N–H and O–H groups in total. The number of Topliss-reactive ketones (excluding diaryl/α,β-unsaturated/α-hetero) is 1. The van der Waals surface area contributed by atoms with Crippen LogP contribution in [0.3, 0.4) is 0 Å². The Hall–Kier alpha value is -3.36. The monoisotopic (exact) mass is 538 g/mol. The molecule has 208 valence electrons. The van der Waals surface area contributed by atoms with Crippen molar-refractivity contribution in [2.24, 2.45) is 5.41 Å². The first kappa shape index (κ1) is 28.6. The summed E-state index contributed by atoms with van der Waals surface area (Å²) in [6, 6.07) is 10.3. The van der Waals surface area contributed by atoms with Crippen LogP contribution in [0.4, 0.5) is 8.78 Å². The minimum atomic E-state index is -1.08. The highest BCUT2D eigenvalue weighted by Gasteiger charge is 2.37. The third kappa shape index (κ3) is 6.99. The van der Waals surface area contributed by atoms with Crippen LogP contribution >= 0.6 is 0 Å². The Kier molecular flexibility index (Phi) is 8.67. The number of ketones is 1. The topological polar surface area (TPSA) is 91.6 Å². The van der Waals surface area contributed by atoms with Gasteiger partial charge in [0.25, 0.3) is 5.91 Å². The van der Waals surface area contributed by atoms with Crippen LogP contribution in [-0.4, -0.2) is 35.5 Å². The second kappa shape index (κ2) is 11.8. The molecular weight excluding hydrogens is 502 g/mol. The maximum Gasteiger partial charge on any atom is 0.287 e. The molecule has 3 aromatic rings. The smallest absolute Gasteiger partial charge is 0.287 e. The summed E-state index contributed by atoms with van der Waals surface area (Å²) in [7, 11) is 0. The lowest BCUT2D eigenvalue weighted by Crippen LogP contribution is -2.48. The van der Waals surface area contributed by atoms with Gasteiger partial charge in [-0.3, -0.25) is 9.59 Å². The van der Waals surface area contributed by atoms with Gasteiger partial charge in [0.15, 0.2) is 11.5 Å². The Morgan fingerprint density at radius 3 is 2.46 bits per heavy atom. The summed E-state index contributed by atoms with van der Waals surface area (Å²) >= 11 is 0. The molecule has 0 unspecified atom stereocenters. The van der Waals surface area contributed by atoms with Crippen molar-refractivity contribution in [1.29, 1.82) is 0 Å². The van der Waals surface area contributed by atoms with Crippen molar-refractivity contribution >= 4 is 11.7 Å². The summed E-state index contributed by atoms with van der Waals surface area (Å²) in [5.74, 6) is -1.64. The number of aryl methyl sites for hydroxylation is 1. The van der Waals surface area contributed by atoms with Crippen molar-refractivity contribution in [2.45, 2.75) is 72.1 Å². The number of carbonyl (C=O) groups is 2. The maximum absolute atomic E-state index is 13.9. The zero-order chi connectivity index (χ0) is 28.3. The molecular formula is C31H36F2N2O4. The van der Waals surface area contributed by atoms with E-state index in [1.807, 2.05) is 32.0 Å². The van der Waals surface area contributed by atoms with Gasteiger partial charge in [-0.05, 0) is 54.0 Å². The number of nitrogens with one attached hydrogen (secondary N) is 2. The molecule has 4 rings (SSSR count). The second-order valence-electron chi connectivity index (χ2n) is 11.2. The Morgan fingerprint density at radius 1 is 1.08 bits per heavy atom. The molecule has 0 aliphatic heterocycles. The minimum absolute atomic E-state index is 0.0120. The summed E-state index contributed by atoms with van der Waals surface area (Å²) in [5.41, 5.74) is 3.18. The number of rotatable bonds is 10. The number of furan rings is 1. The average molecular weight is 539 g/mol. The third-order valence-corrected chi connectivity index (χ3v) is 7.22. The fourth-order valence-corrected chi connectivity index (χ4v) is 5.27. The van der Waals surface area contributed by atoms with Crippen LogP contribution in [0.2, 0.25) is 0 Å².